The minimum absolute atomic E-state index is 0.00824. The second kappa shape index (κ2) is 6.65. The smallest absolute Gasteiger partial charge is 0.351 e. The molecule has 4 nitrogen and oxygen atoms in total. The zero-order chi connectivity index (χ0) is 16.2. The Kier molecular flexibility index (Phi) is 4.87. The van der Waals surface area contributed by atoms with Gasteiger partial charge in [-0.1, -0.05) is 17.7 Å². The van der Waals surface area contributed by atoms with E-state index in [1.165, 1.54) is 24.4 Å². The fourth-order valence-electron chi connectivity index (χ4n) is 1.67. The van der Waals surface area contributed by atoms with Gasteiger partial charge < -0.3 is 10.6 Å². The van der Waals surface area contributed by atoms with Gasteiger partial charge >= 0.3 is 6.18 Å². The summed E-state index contributed by atoms with van der Waals surface area (Å²) in [5.74, 6) is 0.516. The molecule has 1 aromatic heterocycles. The Hall–Kier alpha value is -2.28. The van der Waals surface area contributed by atoms with Gasteiger partial charge in [-0.2, -0.15) is 18.2 Å². The minimum atomic E-state index is -4.52. The van der Waals surface area contributed by atoms with Crippen molar-refractivity contribution in [3.63, 3.8) is 0 Å². The second-order valence-corrected chi connectivity index (χ2v) is 4.68. The predicted octanol–water partition coefficient (Wildman–Crippen LogP) is 4.49. The highest BCUT2D eigenvalue weighted by Gasteiger charge is 2.33. The van der Waals surface area contributed by atoms with Gasteiger partial charge in [0.25, 0.3) is 0 Å². The summed E-state index contributed by atoms with van der Waals surface area (Å²) in [6.07, 6.45) is -1.47. The van der Waals surface area contributed by atoms with Gasteiger partial charge in [-0.05, 0) is 24.3 Å². The van der Waals surface area contributed by atoms with E-state index in [1.807, 2.05) is 0 Å². The molecule has 2 N–H and O–H groups in total. The van der Waals surface area contributed by atoms with E-state index >= 15 is 0 Å². The van der Waals surface area contributed by atoms with Crippen molar-refractivity contribution in [3.05, 3.63) is 53.7 Å². The highest BCUT2D eigenvalue weighted by Crippen LogP contribution is 2.37. The van der Waals surface area contributed by atoms with Crippen LogP contribution in [0, 0.1) is 0 Å². The van der Waals surface area contributed by atoms with Crippen LogP contribution >= 0.6 is 11.6 Å². The van der Waals surface area contributed by atoms with E-state index in [1.54, 1.807) is 6.08 Å². The Balaban J connectivity index is 2.29. The van der Waals surface area contributed by atoms with E-state index < -0.39 is 11.7 Å². The molecule has 0 spiro atoms. The van der Waals surface area contributed by atoms with E-state index in [2.05, 4.69) is 27.2 Å². The van der Waals surface area contributed by atoms with Crippen molar-refractivity contribution in [2.45, 2.75) is 6.18 Å². The molecule has 0 saturated carbocycles. The first kappa shape index (κ1) is 16.1. The molecule has 1 aromatic carbocycles. The largest absolute Gasteiger partial charge is 0.418 e. The van der Waals surface area contributed by atoms with E-state index in [9.17, 15) is 13.2 Å². The zero-order valence-corrected chi connectivity index (χ0v) is 12.0. The van der Waals surface area contributed by atoms with Gasteiger partial charge in [0.2, 0.25) is 5.95 Å². The maximum Gasteiger partial charge on any atom is 0.418 e. The van der Waals surface area contributed by atoms with Crippen molar-refractivity contribution in [2.75, 3.05) is 17.2 Å². The average molecular weight is 329 g/mol. The van der Waals surface area contributed by atoms with Crippen molar-refractivity contribution in [2.24, 2.45) is 0 Å². The number of halogens is 4. The molecule has 116 valence electrons. The van der Waals surface area contributed by atoms with Crippen LogP contribution < -0.4 is 10.6 Å². The van der Waals surface area contributed by atoms with Crippen LogP contribution in [-0.4, -0.2) is 16.5 Å². The molecule has 2 aromatic rings. The van der Waals surface area contributed by atoms with Crippen LogP contribution in [-0.2, 0) is 6.18 Å². The van der Waals surface area contributed by atoms with Crippen LogP contribution in [0.5, 0.6) is 0 Å². The Bertz CT molecular complexity index is 673. The molecular formula is C14H12ClF3N4. The molecule has 0 aliphatic heterocycles. The molecule has 0 amide bonds. The number of nitrogens with one attached hydrogen (secondary N) is 2. The van der Waals surface area contributed by atoms with Crippen molar-refractivity contribution in [3.8, 4) is 0 Å². The highest BCUT2D eigenvalue weighted by atomic mass is 35.5. The molecule has 0 aliphatic carbocycles. The van der Waals surface area contributed by atoms with E-state index in [-0.39, 0.29) is 22.5 Å². The number of alkyl halides is 3. The van der Waals surface area contributed by atoms with Crippen LogP contribution in [0.25, 0.3) is 0 Å². The summed E-state index contributed by atoms with van der Waals surface area (Å²) in [6, 6.07) is 4.96. The van der Waals surface area contributed by atoms with Crippen molar-refractivity contribution in [1.82, 2.24) is 9.97 Å². The number of rotatable bonds is 5. The Labute approximate surface area is 130 Å². The predicted molar refractivity (Wildman–Crippen MR) is 80.5 cm³/mol. The van der Waals surface area contributed by atoms with Crippen LogP contribution in [0.15, 0.2) is 43.1 Å². The summed E-state index contributed by atoms with van der Waals surface area (Å²) in [4.78, 5) is 8.02. The summed E-state index contributed by atoms with van der Waals surface area (Å²) < 4.78 is 39.1. The summed E-state index contributed by atoms with van der Waals surface area (Å²) in [7, 11) is 0. The number of anilines is 3. The third kappa shape index (κ3) is 4.11. The quantitative estimate of drug-likeness (QED) is 0.794. The van der Waals surface area contributed by atoms with Crippen LogP contribution in [0.3, 0.4) is 0 Å². The third-order valence-corrected chi connectivity index (χ3v) is 2.84. The fraction of sp³-hybridized carbons (Fsp3) is 0.143. The van der Waals surface area contributed by atoms with Crippen LogP contribution in [0.4, 0.5) is 30.6 Å². The number of hydrogen-bond acceptors (Lipinski definition) is 4. The number of hydrogen-bond donors (Lipinski definition) is 2. The lowest BCUT2D eigenvalue weighted by atomic mass is 10.1. The molecule has 0 bridgehead atoms. The highest BCUT2D eigenvalue weighted by molar-refractivity contribution is 6.30. The molecule has 0 atom stereocenters. The zero-order valence-electron chi connectivity index (χ0n) is 11.3. The van der Waals surface area contributed by atoms with Gasteiger partial charge in [0.15, 0.2) is 0 Å². The fourth-order valence-corrected chi connectivity index (χ4v) is 1.85. The van der Waals surface area contributed by atoms with Crippen LogP contribution in [0.1, 0.15) is 5.56 Å². The SMILES string of the molecule is C=CCNc1nccc(Nc2ccc(Cl)cc2C(F)(F)F)n1. The summed E-state index contributed by atoms with van der Waals surface area (Å²) in [5.41, 5.74) is -0.996. The maximum absolute atomic E-state index is 13.0. The molecule has 22 heavy (non-hydrogen) atoms. The molecule has 1 heterocycles. The third-order valence-electron chi connectivity index (χ3n) is 2.61. The van der Waals surface area contributed by atoms with Gasteiger partial charge in [-0.25, -0.2) is 4.98 Å². The van der Waals surface area contributed by atoms with Crippen LogP contribution in [0.2, 0.25) is 5.02 Å². The second-order valence-electron chi connectivity index (χ2n) is 4.25. The minimum Gasteiger partial charge on any atom is -0.351 e. The van der Waals surface area contributed by atoms with Gasteiger partial charge in [-0.15, -0.1) is 6.58 Å². The number of nitrogens with zero attached hydrogens (tertiary/aromatic N) is 2. The first-order chi connectivity index (χ1) is 10.4. The Morgan fingerprint density at radius 2 is 2.05 bits per heavy atom. The Morgan fingerprint density at radius 1 is 1.27 bits per heavy atom. The molecule has 2 rings (SSSR count). The van der Waals surface area contributed by atoms with Gasteiger partial charge in [-0.3, -0.25) is 0 Å². The lowest BCUT2D eigenvalue weighted by molar-refractivity contribution is -0.136. The topological polar surface area (TPSA) is 49.8 Å². The maximum atomic E-state index is 13.0. The van der Waals surface area contributed by atoms with E-state index in [0.29, 0.717) is 6.54 Å². The average Bonchev–Trinajstić information content (AvgIpc) is 2.46. The monoisotopic (exact) mass is 328 g/mol. The summed E-state index contributed by atoms with van der Waals surface area (Å²) in [6.45, 7) is 3.98. The molecule has 8 heteroatoms. The van der Waals surface area contributed by atoms with Crippen molar-refractivity contribution >= 4 is 29.1 Å². The van der Waals surface area contributed by atoms with Crippen molar-refractivity contribution < 1.29 is 13.2 Å². The first-order valence-corrected chi connectivity index (χ1v) is 6.59. The van der Waals surface area contributed by atoms with E-state index in [0.717, 1.165) is 6.07 Å². The lowest BCUT2D eigenvalue weighted by Gasteiger charge is -2.14. The van der Waals surface area contributed by atoms with Gasteiger partial charge in [0.1, 0.15) is 5.82 Å². The summed E-state index contributed by atoms with van der Waals surface area (Å²) >= 11 is 5.64. The number of aromatic nitrogens is 2. The number of benzene rings is 1. The first-order valence-electron chi connectivity index (χ1n) is 6.22. The lowest BCUT2D eigenvalue weighted by Crippen LogP contribution is -2.10. The van der Waals surface area contributed by atoms with E-state index in [4.69, 9.17) is 11.6 Å². The molecule has 0 unspecified atom stereocenters. The van der Waals surface area contributed by atoms with Gasteiger partial charge in [0, 0.05) is 17.8 Å². The van der Waals surface area contributed by atoms with Crippen molar-refractivity contribution in [1.29, 1.82) is 0 Å². The molecule has 0 fully saturated rings. The standard InChI is InChI=1S/C14H12ClF3N4/c1-2-6-19-13-20-7-5-12(22-13)21-11-4-3-9(15)8-10(11)14(16,17)18/h2-5,7-8H,1,6H2,(H2,19,20,21,22). The molecule has 0 saturated heterocycles. The summed E-state index contributed by atoms with van der Waals surface area (Å²) in [5, 5.41) is 5.49. The normalized spacial score (nSPS) is 11.1. The van der Waals surface area contributed by atoms with Gasteiger partial charge in [0.05, 0.1) is 11.3 Å². The molecule has 0 radical (unpaired) electrons. The molecular weight excluding hydrogens is 317 g/mol. The molecule has 0 aliphatic rings. The Morgan fingerprint density at radius 3 is 2.73 bits per heavy atom.